The third-order valence-electron chi connectivity index (χ3n) is 1.79. The summed E-state index contributed by atoms with van der Waals surface area (Å²) in [5, 5.41) is 8.46. The highest BCUT2D eigenvalue weighted by Gasteiger charge is 1.90. The summed E-state index contributed by atoms with van der Waals surface area (Å²) in [4.78, 5) is 0. The molecule has 0 aromatic heterocycles. The van der Waals surface area contributed by atoms with Crippen molar-refractivity contribution in [2.24, 2.45) is 0 Å². The molecule has 0 bridgehead atoms. The summed E-state index contributed by atoms with van der Waals surface area (Å²) in [5.41, 5.74) is 0. The lowest BCUT2D eigenvalue weighted by Gasteiger charge is -1.98. The van der Waals surface area contributed by atoms with E-state index in [0.717, 1.165) is 32.1 Å². The summed E-state index contributed by atoms with van der Waals surface area (Å²) < 4.78 is 11.6. The second-order valence-corrected chi connectivity index (χ2v) is 2.89. The van der Waals surface area contributed by atoms with E-state index in [2.05, 4.69) is 0 Å². The van der Waals surface area contributed by atoms with Crippen molar-refractivity contribution in [3.63, 3.8) is 0 Å². The highest BCUT2D eigenvalue weighted by Crippen LogP contribution is 2.06. The number of hydrogen-bond acceptors (Lipinski definition) is 1. The molecule has 0 fully saturated rings. The van der Waals surface area contributed by atoms with E-state index in [-0.39, 0.29) is 6.67 Å². The zero-order valence-corrected chi connectivity index (χ0v) is 7.19. The van der Waals surface area contributed by atoms with Gasteiger partial charge in [-0.25, -0.2) is 0 Å². The van der Waals surface area contributed by atoms with Crippen molar-refractivity contribution in [2.75, 3.05) is 13.3 Å². The maximum Gasteiger partial charge on any atom is 0.0894 e. The average molecular weight is 162 g/mol. The van der Waals surface area contributed by atoms with Crippen LogP contribution in [0.3, 0.4) is 0 Å². The monoisotopic (exact) mass is 162 g/mol. The van der Waals surface area contributed by atoms with Gasteiger partial charge >= 0.3 is 0 Å². The molecule has 1 nitrogen and oxygen atoms in total. The van der Waals surface area contributed by atoms with Gasteiger partial charge in [-0.1, -0.05) is 32.1 Å². The molecule has 2 heteroatoms. The molecule has 1 N–H and O–H groups in total. The second kappa shape index (κ2) is 9.89. The van der Waals surface area contributed by atoms with E-state index >= 15 is 0 Å². The average Bonchev–Trinajstić information content (AvgIpc) is 2.03. The van der Waals surface area contributed by atoms with Gasteiger partial charge in [-0.05, 0) is 12.8 Å². The van der Waals surface area contributed by atoms with Crippen molar-refractivity contribution in [1.82, 2.24) is 0 Å². The van der Waals surface area contributed by atoms with Crippen molar-refractivity contribution >= 4 is 0 Å². The van der Waals surface area contributed by atoms with E-state index in [4.69, 9.17) is 5.11 Å². The van der Waals surface area contributed by atoms with Crippen LogP contribution < -0.4 is 0 Å². The van der Waals surface area contributed by atoms with Gasteiger partial charge in [0.15, 0.2) is 0 Å². The van der Waals surface area contributed by atoms with Crippen LogP contribution in [-0.2, 0) is 0 Å². The minimum atomic E-state index is -0.170. The molecule has 0 aliphatic heterocycles. The smallest absolute Gasteiger partial charge is 0.0894 e. The number of unbranched alkanes of at least 4 members (excludes halogenated alkanes) is 6. The molecule has 0 amide bonds. The van der Waals surface area contributed by atoms with Gasteiger partial charge in [-0.15, -0.1) is 0 Å². The van der Waals surface area contributed by atoms with E-state index in [0.29, 0.717) is 6.61 Å². The minimum Gasteiger partial charge on any atom is -0.396 e. The molecule has 0 aliphatic carbocycles. The first-order chi connectivity index (χ1) is 5.41. The lowest BCUT2D eigenvalue weighted by atomic mass is 10.1. The van der Waals surface area contributed by atoms with Crippen molar-refractivity contribution < 1.29 is 9.50 Å². The van der Waals surface area contributed by atoms with Gasteiger partial charge < -0.3 is 5.11 Å². The van der Waals surface area contributed by atoms with Crippen LogP contribution >= 0.6 is 0 Å². The van der Waals surface area contributed by atoms with E-state index in [1.807, 2.05) is 0 Å². The quantitative estimate of drug-likeness (QED) is 0.544. The predicted molar refractivity (Wildman–Crippen MR) is 45.4 cm³/mol. The zero-order valence-electron chi connectivity index (χ0n) is 7.19. The maximum absolute atomic E-state index is 11.6. The van der Waals surface area contributed by atoms with Gasteiger partial charge in [-0.2, -0.15) is 0 Å². The summed E-state index contributed by atoms with van der Waals surface area (Å²) in [6.45, 7) is 0.140. The van der Waals surface area contributed by atoms with Gasteiger partial charge in [0.05, 0.1) is 6.67 Å². The van der Waals surface area contributed by atoms with Crippen LogP contribution in [0.25, 0.3) is 0 Å². The number of rotatable bonds is 8. The molecular formula is C9H19FO. The van der Waals surface area contributed by atoms with Crippen LogP contribution in [0.2, 0.25) is 0 Å². The fourth-order valence-corrected chi connectivity index (χ4v) is 1.09. The normalized spacial score (nSPS) is 10.4. The van der Waals surface area contributed by atoms with Crippen LogP contribution in [0.1, 0.15) is 44.9 Å². The summed E-state index contributed by atoms with van der Waals surface area (Å²) in [6.07, 6.45) is 7.31. The Bertz CT molecular complexity index is 58.6. The SMILES string of the molecule is OCCCCCCCCCF. The fraction of sp³-hybridized carbons (Fsp3) is 1.00. The molecule has 0 aliphatic rings. The predicted octanol–water partition coefficient (Wildman–Crippen LogP) is 2.68. The Labute approximate surface area is 68.6 Å². The molecule has 0 spiro atoms. The van der Waals surface area contributed by atoms with Crippen LogP contribution in [0, 0.1) is 0 Å². The number of aliphatic hydroxyl groups is 1. The number of halogens is 1. The molecule has 0 atom stereocenters. The van der Waals surface area contributed by atoms with Gasteiger partial charge in [0.1, 0.15) is 0 Å². The third kappa shape index (κ3) is 9.89. The minimum absolute atomic E-state index is 0.170. The van der Waals surface area contributed by atoms with Crippen molar-refractivity contribution in [3.8, 4) is 0 Å². The topological polar surface area (TPSA) is 20.2 Å². The Hall–Kier alpha value is -0.110. The Balaban J connectivity index is 2.69. The Morgan fingerprint density at radius 2 is 1.18 bits per heavy atom. The van der Waals surface area contributed by atoms with Crippen LogP contribution in [0.5, 0.6) is 0 Å². The molecule has 0 aromatic carbocycles. The summed E-state index contributed by atoms with van der Waals surface area (Å²) in [5.74, 6) is 0. The molecule has 0 saturated carbocycles. The number of aliphatic hydroxyl groups excluding tert-OH is 1. The standard InChI is InChI=1S/C9H19FO/c10-8-6-4-2-1-3-5-7-9-11/h11H,1-9H2. The van der Waals surface area contributed by atoms with E-state index in [1.54, 1.807) is 0 Å². The summed E-state index contributed by atoms with van der Waals surface area (Å²) in [7, 11) is 0. The molecule has 0 aromatic rings. The molecule has 0 radical (unpaired) electrons. The van der Waals surface area contributed by atoms with Crippen molar-refractivity contribution in [1.29, 1.82) is 0 Å². The van der Waals surface area contributed by atoms with Gasteiger partial charge in [0, 0.05) is 6.61 Å². The first-order valence-corrected chi connectivity index (χ1v) is 4.58. The number of hydrogen-bond donors (Lipinski definition) is 1. The van der Waals surface area contributed by atoms with E-state index < -0.39 is 0 Å². The Morgan fingerprint density at radius 3 is 1.64 bits per heavy atom. The Kier molecular flexibility index (Phi) is 9.79. The summed E-state index contributed by atoms with van der Waals surface area (Å²) >= 11 is 0. The molecule has 0 unspecified atom stereocenters. The van der Waals surface area contributed by atoms with Crippen molar-refractivity contribution in [3.05, 3.63) is 0 Å². The Morgan fingerprint density at radius 1 is 0.727 bits per heavy atom. The second-order valence-electron chi connectivity index (χ2n) is 2.89. The van der Waals surface area contributed by atoms with Gasteiger partial charge in [0.25, 0.3) is 0 Å². The molecule has 0 heterocycles. The molecular weight excluding hydrogens is 143 g/mol. The zero-order chi connectivity index (χ0) is 8.36. The van der Waals surface area contributed by atoms with Crippen LogP contribution in [0.4, 0.5) is 4.39 Å². The van der Waals surface area contributed by atoms with Crippen molar-refractivity contribution in [2.45, 2.75) is 44.9 Å². The van der Waals surface area contributed by atoms with Gasteiger partial charge in [-0.3, -0.25) is 4.39 Å². The first-order valence-electron chi connectivity index (χ1n) is 4.58. The molecule has 0 rings (SSSR count). The lowest BCUT2D eigenvalue weighted by Crippen LogP contribution is -1.84. The molecule has 0 saturated heterocycles. The van der Waals surface area contributed by atoms with Crippen LogP contribution in [-0.4, -0.2) is 18.4 Å². The third-order valence-corrected chi connectivity index (χ3v) is 1.79. The van der Waals surface area contributed by atoms with E-state index in [9.17, 15) is 4.39 Å². The van der Waals surface area contributed by atoms with Gasteiger partial charge in [0.2, 0.25) is 0 Å². The molecule has 68 valence electrons. The highest BCUT2D eigenvalue weighted by atomic mass is 19.1. The number of alkyl halides is 1. The summed E-state index contributed by atoms with van der Waals surface area (Å²) in [6, 6.07) is 0. The largest absolute Gasteiger partial charge is 0.396 e. The maximum atomic E-state index is 11.6. The highest BCUT2D eigenvalue weighted by molar-refractivity contribution is 4.44. The van der Waals surface area contributed by atoms with E-state index in [1.165, 1.54) is 12.8 Å². The lowest BCUT2D eigenvalue weighted by molar-refractivity contribution is 0.282. The molecule has 11 heavy (non-hydrogen) atoms. The van der Waals surface area contributed by atoms with Crippen LogP contribution in [0.15, 0.2) is 0 Å². The fourth-order valence-electron chi connectivity index (χ4n) is 1.09. The first kappa shape index (κ1) is 10.9.